The van der Waals surface area contributed by atoms with Crippen molar-refractivity contribution in [2.45, 2.75) is 213 Å². The van der Waals surface area contributed by atoms with Gasteiger partial charge >= 0.3 is 25.7 Å². The maximum absolute atomic E-state index is 12.9. The molecule has 3 atom stereocenters. The van der Waals surface area contributed by atoms with Crippen LogP contribution in [0.5, 0.6) is 0 Å². The first-order valence-electron chi connectivity index (χ1n) is 26.8. The van der Waals surface area contributed by atoms with Gasteiger partial charge in [0.15, 0.2) is 6.10 Å². The lowest BCUT2D eigenvalue weighted by molar-refractivity contribution is -0.161. The fourth-order valence-corrected chi connectivity index (χ4v) is 7.50. The van der Waals surface area contributed by atoms with Crippen LogP contribution in [0.1, 0.15) is 201 Å². The van der Waals surface area contributed by atoms with Crippen molar-refractivity contribution in [1.82, 2.24) is 0 Å². The van der Waals surface area contributed by atoms with Gasteiger partial charge in [0.1, 0.15) is 12.7 Å². The van der Waals surface area contributed by atoms with Gasteiger partial charge in [0.25, 0.3) is 0 Å². The van der Waals surface area contributed by atoms with Gasteiger partial charge in [-0.2, -0.15) is 0 Å². The predicted molar refractivity (Wildman–Crippen MR) is 288 cm³/mol. The maximum Gasteiger partial charge on any atom is 0.472 e. The maximum atomic E-state index is 12.9. The molecule has 2 N–H and O–H groups in total. The number of rotatable bonds is 48. The van der Waals surface area contributed by atoms with E-state index in [4.69, 9.17) is 23.3 Å². The molecule has 3 unspecified atom stereocenters. The normalized spacial score (nSPS) is 14.3. The van der Waals surface area contributed by atoms with Crippen LogP contribution >= 0.6 is 7.82 Å². The van der Waals surface area contributed by atoms with Gasteiger partial charge < -0.3 is 24.2 Å². The number of unbranched alkanes of at least 4 members (excludes halogenated alkanes) is 14. The smallest absolute Gasteiger partial charge is 0.461 e. The van der Waals surface area contributed by atoms with Gasteiger partial charge in [-0.05, 0) is 83.5 Å². The van der Waals surface area contributed by atoms with Gasteiger partial charge in [-0.1, -0.05) is 207 Å². The molecule has 0 bridgehead atoms. The second kappa shape index (κ2) is 51.5. The molecule has 70 heavy (non-hydrogen) atoms. The van der Waals surface area contributed by atoms with E-state index in [1.54, 1.807) is 6.08 Å². The van der Waals surface area contributed by atoms with Crippen molar-refractivity contribution in [3.63, 3.8) is 0 Å². The zero-order valence-electron chi connectivity index (χ0n) is 43.7. The number of hydrogen-bond donors (Lipinski definition) is 2. The second-order valence-electron chi connectivity index (χ2n) is 17.3. The van der Waals surface area contributed by atoms with E-state index >= 15 is 0 Å². The molecule has 0 spiro atoms. The number of carbonyl (C=O) groups excluding carboxylic acids is 3. The summed E-state index contributed by atoms with van der Waals surface area (Å²) in [5.74, 6) is -1.68. The van der Waals surface area contributed by atoms with Gasteiger partial charge in [-0.25, -0.2) is 4.57 Å². The Kier molecular flexibility index (Phi) is 48.7. The van der Waals surface area contributed by atoms with Gasteiger partial charge in [0, 0.05) is 12.8 Å². The highest BCUT2D eigenvalue weighted by atomic mass is 31.2. The lowest BCUT2D eigenvalue weighted by Gasteiger charge is -2.21. The van der Waals surface area contributed by atoms with Crippen molar-refractivity contribution >= 4 is 25.7 Å². The van der Waals surface area contributed by atoms with Crippen molar-refractivity contribution in [3.8, 4) is 0 Å². The molecule has 0 radical (unpaired) electrons. The summed E-state index contributed by atoms with van der Waals surface area (Å²) in [6, 6.07) is 0. The summed E-state index contributed by atoms with van der Waals surface area (Å²) in [5.41, 5.74) is 0. The number of phosphoric acid groups is 1. The first-order chi connectivity index (χ1) is 34.2. The number of esters is 3. The van der Waals surface area contributed by atoms with Crippen molar-refractivity contribution in [3.05, 3.63) is 109 Å². The van der Waals surface area contributed by atoms with Crippen molar-refractivity contribution in [1.29, 1.82) is 0 Å². The zero-order valence-corrected chi connectivity index (χ0v) is 44.6. The van der Waals surface area contributed by atoms with E-state index in [1.807, 2.05) is 12.2 Å². The van der Waals surface area contributed by atoms with Crippen LogP contribution in [0.15, 0.2) is 109 Å². The molecule has 398 valence electrons. The Morgan fingerprint density at radius 2 is 0.786 bits per heavy atom. The Balaban J connectivity index is 4.92. The van der Waals surface area contributed by atoms with E-state index in [0.29, 0.717) is 19.3 Å². The molecule has 0 aromatic heterocycles. The zero-order chi connectivity index (χ0) is 51.3. The lowest BCUT2D eigenvalue weighted by atomic mass is 10.0. The first-order valence-corrected chi connectivity index (χ1v) is 28.3. The summed E-state index contributed by atoms with van der Waals surface area (Å²) >= 11 is 0. The number of aliphatic hydroxyl groups excluding tert-OH is 1. The molecular weight excluding hydrogens is 904 g/mol. The topological polar surface area (TPSA) is 155 Å². The monoisotopic (exact) mass is 999 g/mol. The van der Waals surface area contributed by atoms with Crippen LogP contribution in [-0.2, 0) is 42.2 Å². The molecule has 0 aromatic rings. The molecule has 0 aliphatic rings. The highest BCUT2D eigenvalue weighted by Gasteiger charge is 2.28. The Bertz CT molecular complexity index is 1590. The van der Waals surface area contributed by atoms with Crippen molar-refractivity contribution in [2.24, 2.45) is 0 Å². The molecule has 0 aliphatic carbocycles. The van der Waals surface area contributed by atoms with Crippen LogP contribution in [-0.4, -0.2) is 66.5 Å². The summed E-state index contributed by atoms with van der Waals surface area (Å²) in [7, 11) is -4.78. The van der Waals surface area contributed by atoms with Crippen LogP contribution in [0.4, 0.5) is 0 Å². The van der Waals surface area contributed by atoms with Gasteiger partial charge in [-0.3, -0.25) is 23.4 Å². The molecule has 0 aromatic carbocycles. The molecule has 0 fully saturated rings. The van der Waals surface area contributed by atoms with Gasteiger partial charge in [0.2, 0.25) is 0 Å². The third kappa shape index (κ3) is 49.1. The van der Waals surface area contributed by atoms with Gasteiger partial charge in [-0.15, -0.1) is 0 Å². The number of phosphoric ester groups is 1. The minimum atomic E-state index is -4.78. The van der Waals surface area contributed by atoms with E-state index in [1.165, 1.54) is 57.8 Å². The second-order valence-corrected chi connectivity index (χ2v) is 18.8. The van der Waals surface area contributed by atoms with Crippen LogP contribution < -0.4 is 0 Å². The van der Waals surface area contributed by atoms with E-state index in [9.17, 15) is 28.9 Å². The molecule has 0 amide bonds. The first kappa shape index (κ1) is 66.1. The number of aliphatic hydroxyl groups is 1. The fraction of sp³-hybridized carbons (Fsp3) is 0.638. The molecule has 11 nitrogen and oxygen atoms in total. The average Bonchev–Trinajstić information content (AvgIpc) is 3.35. The minimum Gasteiger partial charge on any atom is -0.461 e. The summed E-state index contributed by atoms with van der Waals surface area (Å²) in [5, 5.41) is 9.78. The Hall–Kier alpha value is -3.86. The van der Waals surface area contributed by atoms with Gasteiger partial charge in [0.05, 0.1) is 26.2 Å². The fourth-order valence-electron chi connectivity index (χ4n) is 6.71. The molecule has 0 saturated carbocycles. The predicted octanol–water partition coefficient (Wildman–Crippen LogP) is 15.5. The third-order valence-corrected chi connectivity index (χ3v) is 11.7. The number of ether oxygens (including phenoxy) is 3. The number of allylic oxidation sites excluding steroid dienone is 17. The quantitative estimate of drug-likeness (QED) is 0.0197. The molecule has 0 saturated heterocycles. The van der Waals surface area contributed by atoms with Crippen molar-refractivity contribution in [2.75, 3.05) is 26.4 Å². The van der Waals surface area contributed by atoms with Crippen LogP contribution in [0.25, 0.3) is 0 Å². The highest BCUT2D eigenvalue weighted by Crippen LogP contribution is 2.43. The minimum absolute atomic E-state index is 0.0193. The van der Waals surface area contributed by atoms with Crippen molar-refractivity contribution < 1.29 is 52.2 Å². The molecule has 0 heterocycles. The summed E-state index contributed by atoms with van der Waals surface area (Å²) < 4.78 is 39.2. The SMILES string of the molecule is CC/C=C\C/C=C\C/C=C\C/C=C\C/C=C\CC(=O)OCC(COP(=O)(O)OCC(CO)OC(=O)CCCCCCCCCCCCCCC)OC(=O)CCCC/C=C\C/C=C\C/C=C\C/C=C\CC. The summed E-state index contributed by atoms with van der Waals surface area (Å²) in [4.78, 5) is 48.3. The molecule has 0 rings (SSSR count). The molecule has 12 heteroatoms. The van der Waals surface area contributed by atoms with E-state index in [2.05, 4.69) is 112 Å². The van der Waals surface area contributed by atoms with E-state index in [0.717, 1.165) is 83.5 Å². The molecular formula is C58H95O11P. The summed E-state index contributed by atoms with van der Waals surface area (Å²) in [6.07, 6.45) is 60.9. The van der Waals surface area contributed by atoms with Crippen LogP contribution in [0.3, 0.4) is 0 Å². The summed E-state index contributed by atoms with van der Waals surface area (Å²) in [6.45, 7) is 4.23. The van der Waals surface area contributed by atoms with E-state index < -0.39 is 64.4 Å². The Labute approximate surface area is 425 Å². The highest BCUT2D eigenvalue weighted by molar-refractivity contribution is 7.47. The standard InChI is InChI=1S/C58H95O11P/c1-4-7-10-13-16-19-22-25-27-30-32-35-38-41-44-47-56(60)65-51-55(69-58(62)49-46-43-40-37-34-31-28-26-23-20-17-14-11-8-5-2)53-67-70(63,64)66-52-54(50-59)68-57(61)48-45-42-39-36-33-29-24-21-18-15-12-9-6-3/h7-8,10-11,16-17,19-20,25-28,32,34-35,37,41,44,54-55,59H,4-6,9,12-15,18,21-24,29-31,33,36,38-40,42-43,45-53H2,1-3H3,(H,63,64)/b10-7-,11-8-,19-16-,20-17-,27-25-,28-26-,35-32-,37-34-,44-41-. The Morgan fingerprint density at radius 1 is 0.429 bits per heavy atom. The number of hydrogen-bond acceptors (Lipinski definition) is 10. The average molecular weight is 999 g/mol. The molecule has 0 aliphatic heterocycles. The Morgan fingerprint density at radius 3 is 1.21 bits per heavy atom. The lowest BCUT2D eigenvalue weighted by Crippen LogP contribution is -2.30. The third-order valence-electron chi connectivity index (χ3n) is 10.7. The van der Waals surface area contributed by atoms with Crippen LogP contribution in [0, 0.1) is 0 Å². The van der Waals surface area contributed by atoms with E-state index in [-0.39, 0.29) is 19.3 Å². The van der Waals surface area contributed by atoms with Crippen LogP contribution in [0.2, 0.25) is 0 Å². The number of carbonyl (C=O) groups is 3. The largest absolute Gasteiger partial charge is 0.472 e.